The van der Waals surface area contributed by atoms with Gasteiger partial charge in [-0.05, 0) is 6.92 Å². The fourth-order valence-corrected chi connectivity index (χ4v) is 1.54. The van der Waals surface area contributed by atoms with Crippen molar-refractivity contribution in [3.05, 3.63) is 12.2 Å². The van der Waals surface area contributed by atoms with Crippen LogP contribution in [0.3, 0.4) is 0 Å². The molecule has 13 heavy (non-hydrogen) atoms. The average Bonchev–Trinajstić information content (AvgIpc) is 2.56. The first-order chi connectivity index (χ1) is 6.20. The first-order valence-electron chi connectivity index (χ1n) is 4.86. The largest absolute Gasteiger partial charge is 0.456 e. The van der Waals surface area contributed by atoms with Crippen LogP contribution in [-0.2, 0) is 9.53 Å². The first kappa shape index (κ1) is 10.3. The smallest absolute Gasteiger partial charge is 0.333 e. The summed E-state index contributed by atoms with van der Waals surface area (Å²) in [4.78, 5) is 12.5. The van der Waals surface area contributed by atoms with Crippen LogP contribution in [0.15, 0.2) is 12.2 Å². The molecule has 0 amide bonds. The lowest BCUT2D eigenvalue weighted by Gasteiger charge is -2.11. The molecule has 0 aromatic carbocycles. The van der Waals surface area contributed by atoms with Crippen LogP contribution in [0.1, 0.15) is 19.8 Å². The number of esters is 1. The lowest BCUT2D eigenvalue weighted by Crippen LogP contribution is -3.10. The van der Waals surface area contributed by atoms with Gasteiger partial charge in [0.1, 0.15) is 13.2 Å². The molecule has 3 nitrogen and oxygen atoms in total. The molecule has 1 heterocycles. The van der Waals surface area contributed by atoms with E-state index in [1.54, 1.807) is 11.8 Å². The molecule has 0 aliphatic carbocycles. The number of nitrogens with one attached hydrogen (secondary N) is 1. The number of quaternary nitrogens is 1. The molecule has 0 aromatic rings. The third-order valence-electron chi connectivity index (χ3n) is 2.35. The van der Waals surface area contributed by atoms with Gasteiger partial charge in [0.15, 0.2) is 0 Å². The molecule has 0 spiro atoms. The van der Waals surface area contributed by atoms with Gasteiger partial charge in [0.25, 0.3) is 0 Å². The maximum Gasteiger partial charge on any atom is 0.333 e. The van der Waals surface area contributed by atoms with Crippen LogP contribution in [0.4, 0.5) is 0 Å². The second-order valence-electron chi connectivity index (χ2n) is 3.62. The molecule has 0 saturated carbocycles. The van der Waals surface area contributed by atoms with Crippen LogP contribution < -0.4 is 4.90 Å². The summed E-state index contributed by atoms with van der Waals surface area (Å²) in [6.45, 7) is 9.12. The zero-order chi connectivity index (χ0) is 9.68. The molecule has 1 rings (SSSR count). The summed E-state index contributed by atoms with van der Waals surface area (Å²) in [5.41, 5.74) is 0.483. The van der Waals surface area contributed by atoms with Gasteiger partial charge < -0.3 is 9.64 Å². The van der Waals surface area contributed by atoms with E-state index in [2.05, 4.69) is 6.58 Å². The second-order valence-corrected chi connectivity index (χ2v) is 3.62. The Bertz CT molecular complexity index is 195. The minimum atomic E-state index is -0.265. The molecule has 0 bridgehead atoms. The van der Waals surface area contributed by atoms with E-state index in [-0.39, 0.29) is 5.97 Å². The van der Waals surface area contributed by atoms with Gasteiger partial charge in [0.05, 0.1) is 13.1 Å². The zero-order valence-corrected chi connectivity index (χ0v) is 8.27. The third kappa shape index (κ3) is 3.59. The van der Waals surface area contributed by atoms with Crippen molar-refractivity contribution in [2.75, 3.05) is 26.2 Å². The quantitative estimate of drug-likeness (QED) is 0.484. The standard InChI is InChI=1S/C10H17NO2/c1-9(2)10(12)13-8-7-11-5-3-4-6-11/h1,3-8H2,2H3/p+1. The molecule has 74 valence electrons. The number of hydrogen-bond donors (Lipinski definition) is 1. The molecule has 1 aliphatic rings. The van der Waals surface area contributed by atoms with E-state index >= 15 is 0 Å². The van der Waals surface area contributed by atoms with Crippen LogP contribution in [0.5, 0.6) is 0 Å². The SMILES string of the molecule is C=C(C)C(=O)OCC[NH+]1CCCC1. The van der Waals surface area contributed by atoms with Crippen molar-refractivity contribution in [1.29, 1.82) is 0 Å². The number of ether oxygens (including phenoxy) is 1. The first-order valence-corrected chi connectivity index (χ1v) is 4.86. The van der Waals surface area contributed by atoms with Gasteiger partial charge in [-0.3, -0.25) is 0 Å². The highest BCUT2D eigenvalue weighted by Crippen LogP contribution is 1.91. The van der Waals surface area contributed by atoms with Gasteiger partial charge in [-0.1, -0.05) is 6.58 Å². The highest BCUT2D eigenvalue weighted by atomic mass is 16.5. The molecule has 1 aliphatic heterocycles. The van der Waals surface area contributed by atoms with E-state index in [1.807, 2.05) is 0 Å². The number of hydrogen-bond acceptors (Lipinski definition) is 2. The van der Waals surface area contributed by atoms with E-state index in [9.17, 15) is 4.79 Å². The Morgan fingerprint density at radius 2 is 2.08 bits per heavy atom. The molecular formula is C10H18NO2+. The summed E-state index contributed by atoms with van der Waals surface area (Å²) in [5.74, 6) is -0.265. The van der Waals surface area contributed by atoms with Gasteiger partial charge in [-0.25, -0.2) is 4.79 Å². The average molecular weight is 184 g/mol. The van der Waals surface area contributed by atoms with Crippen molar-refractivity contribution in [2.45, 2.75) is 19.8 Å². The van der Waals surface area contributed by atoms with Crippen molar-refractivity contribution in [2.24, 2.45) is 0 Å². The normalized spacial score (nSPS) is 17.3. The molecule has 3 heteroatoms. The maximum atomic E-state index is 11.0. The Morgan fingerprint density at radius 1 is 1.46 bits per heavy atom. The monoisotopic (exact) mass is 184 g/mol. The van der Waals surface area contributed by atoms with E-state index in [4.69, 9.17) is 4.74 Å². The number of carbonyl (C=O) groups is 1. The van der Waals surface area contributed by atoms with Crippen molar-refractivity contribution >= 4 is 5.97 Å². The molecular weight excluding hydrogens is 166 g/mol. The minimum Gasteiger partial charge on any atom is -0.456 e. The predicted molar refractivity (Wildman–Crippen MR) is 50.6 cm³/mol. The Labute approximate surface area is 79.4 Å². The number of rotatable bonds is 4. The molecule has 0 aromatic heterocycles. The summed E-state index contributed by atoms with van der Waals surface area (Å²) in [6.07, 6.45) is 2.62. The second kappa shape index (κ2) is 5.02. The predicted octanol–water partition coefficient (Wildman–Crippen LogP) is -0.216. The number of likely N-dealkylation sites (tertiary alicyclic amines) is 1. The van der Waals surface area contributed by atoms with Crippen molar-refractivity contribution in [3.63, 3.8) is 0 Å². The molecule has 0 unspecified atom stereocenters. The fraction of sp³-hybridized carbons (Fsp3) is 0.700. The summed E-state index contributed by atoms with van der Waals surface area (Å²) >= 11 is 0. The minimum absolute atomic E-state index is 0.265. The van der Waals surface area contributed by atoms with Crippen LogP contribution >= 0.6 is 0 Å². The van der Waals surface area contributed by atoms with Crippen molar-refractivity contribution < 1.29 is 14.4 Å². The Morgan fingerprint density at radius 3 is 2.62 bits per heavy atom. The van der Waals surface area contributed by atoms with E-state index in [1.165, 1.54) is 25.9 Å². The highest BCUT2D eigenvalue weighted by molar-refractivity contribution is 5.86. The fourth-order valence-electron chi connectivity index (χ4n) is 1.54. The molecule has 0 radical (unpaired) electrons. The lowest BCUT2D eigenvalue weighted by atomic mass is 10.4. The van der Waals surface area contributed by atoms with Crippen molar-refractivity contribution in [3.8, 4) is 0 Å². The van der Waals surface area contributed by atoms with Crippen LogP contribution in [0, 0.1) is 0 Å². The topological polar surface area (TPSA) is 30.7 Å². The Hall–Kier alpha value is -0.830. The molecule has 1 saturated heterocycles. The summed E-state index contributed by atoms with van der Waals surface area (Å²) in [5, 5.41) is 0. The molecule has 1 fully saturated rings. The number of carbonyl (C=O) groups excluding carboxylic acids is 1. The van der Waals surface area contributed by atoms with Crippen molar-refractivity contribution in [1.82, 2.24) is 0 Å². The lowest BCUT2D eigenvalue weighted by molar-refractivity contribution is -0.887. The van der Waals surface area contributed by atoms with E-state index < -0.39 is 0 Å². The zero-order valence-electron chi connectivity index (χ0n) is 8.27. The van der Waals surface area contributed by atoms with E-state index in [0.717, 1.165) is 6.54 Å². The molecule has 1 N–H and O–H groups in total. The summed E-state index contributed by atoms with van der Waals surface area (Å²) in [7, 11) is 0. The van der Waals surface area contributed by atoms with Gasteiger partial charge >= 0.3 is 5.97 Å². The van der Waals surface area contributed by atoms with Gasteiger partial charge in [-0.15, -0.1) is 0 Å². The summed E-state index contributed by atoms with van der Waals surface area (Å²) in [6, 6.07) is 0. The van der Waals surface area contributed by atoms with Gasteiger partial charge in [0.2, 0.25) is 0 Å². The maximum absolute atomic E-state index is 11.0. The van der Waals surface area contributed by atoms with Gasteiger partial charge in [-0.2, -0.15) is 0 Å². The third-order valence-corrected chi connectivity index (χ3v) is 2.35. The van der Waals surface area contributed by atoms with E-state index in [0.29, 0.717) is 12.2 Å². The molecule has 0 atom stereocenters. The summed E-state index contributed by atoms with van der Waals surface area (Å²) < 4.78 is 5.01. The van der Waals surface area contributed by atoms with Crippen LogP contribution in [-0.4, -0.2) is 32.2 Å². The van der Waals surface area contributed by atoms with Crippen LogP contribution in [0.2, 0.25) is 0 Å². The Kier molecular flexibility index (Phi) is 3.96. The van der Waals surface area contributed by atoms with Gasteiger partial charge in [0, 0.05) is 18.4 Å². The Balaban J connectivity index is 2.06. The highest BCUT2D eigenvalue weighted by Gasteiger charge is 2.15. The van der Waals surface area contributed by atoms with Crippen LogP contribution in [0.25, 0.3) is 0 Å².